The highest BCUT2D eigenvalue weighted by molar-refractivity contribution is 5.81. The van der Waals surface area contributed by atoms with E-state index in [9.17, 15) is 56.3 Å². The van der Waals surface area contributed by atoms with Crippen LogP contribution in [-0.2, 0) is 86.0 Å². The molecule has 0 unspecified atom stereocenters. The quantitative estimate of drug-likeness (QED) is 0.0281. The van der Waals surface area contributed by atoms with Crippen LogP contribution in [0.25, 0.3) is 0 Å². The number of aliphatic carboxylic acids is 1. The van der Waals surface area contributed by atoms with Gasteiger partial charge in [-0.15, -0.1) is 0 Å². The Balaban J connectivity index is -0.00000104. The molecule has 0 aromatic carbocycles. The average Bonchev–Trinajstić information content (AvgIpc) is 3.19. The molecule has 0 aliphatic carbocycles. The zero-order valence-corrected chi connectivity index (χ0v) is 37.9. The Bertz CT molecular complexity index is 1440. The molecule has 0 radical (unpaired) electrons. The highest BCUT2D eigenvalue weighted by atomic mass is 19.4. The molecule has 0 bridgehead atoms. The summed E-state index contributed by atoms with van der Waals surface area (Å²) in [7, 11) is 0. The Hall–Kier alpha value is -5.31. The number of nitrogens with two attached hydrogens (primary N) is 1. The average molecular weight is 951 g/mol. The van der Waals surface area contributed by atoms with E-state index in [1.54, 1.807) is 20.8 Å². The Labute approximate surface area is 374 Å². The summed E-state index contributed by atoms with van der Waals surface area (Å²) in [6, 6.07) is 0. The monoisotopic (exact) mass is 950 g/mol. The van der Waals surface area contributed by atoms with E-state index in [-0.39, 0.29) is 76.2 Å². The minimum atomic E-state index is -5.08. The number of hydroxylamine groups is 1. The largest absolute Gasteiger partial charge is 0.490 e. The van der Waals surface area contributed by atoms with Gasteiger partial charge in [-0.2, -0.15) is 13.2 Å². The molecular weight excluding hydrogens is 885 g/mol. The zero-order valence-electron chi connectivity index (χ0n) is 37.9. The van der Waals surface area contributed by atoms with Crippen molar-refractivity contribution >= 4 is 59.1 Å². The molecule has 0 rings (SSSR count). The molecule has 6 N–H and O–H groups in total. The summed E-state index contributed by atoms with van der Waals surface area (Å²) < 4.78 is 62.2. The topological polar surface area (TPSA) is 327 Å². The van der Waals surface area contributed by atoms with Crippen LogP contribution < -0.4 is 22.0 Å². The van der Waals surface area contributed by atoms with Crippen LogP contribution in [0.1, 0.15) is 99.8 Å². The van der Waals surface area contributed by atoms with Gasteiger partial charge in [0.15, 0.2) is 6.61 Å². The molecule has 376 valence electrons. The number of Topliss-reactive ketones (excluding diaryl/α,β-unsaturated/α-hetero) is 2. The fourth-order valence-electron chi connectivity index (χ4n) is 3.94. The number of halogens is 3. The number of carbonyl (C=O) groups is 10. The number of alkyl halides is 3. The summed E-state index contributed by atoms with van der Waals surface area (Å²) >= 11 is 0. The minimum absolute atomic E-state index is 0.0214. The molecule has 0 fully saturated rings. The number of carboxylic acid groups (broad SMARTS) is 1. The van der Waals surface area contributed by atoms with E-state index in [4.69, 9.17) is 49.1 Å². The Morgan fingerprint density at radius 2 is 0.892 bits per heavy atom. The number of carbonyl (C=O) groups excluding carboxylic acids is 9. The SMILES string of the molecule is CC(=O)OCC(COC(C)=O)OCCCC(=O)CCCNC(=O)CON.CC(=O)OCC(COC(C)=O)OCCCC(=O)CCCNC(=O)CONC(=O)C(C)(C)C.O=C(O)C(F)(F)F. The second-order valence-corrected chi connectivity index (χ2v) is 14.5. The smallest absolute Gasteiger partial charge is 0.475 e. The van der Waals surface area contributed by atoms with E-state index in [1.807, 2.05) is 0 Å². The van der Waals surface area contributed by atoms with Gasteiger partial charge in [0.25, 0.3) is 0 Å². The van der Waals surface area contributed by atoms with Crippen molar-refractivity contribution in [1.82, 2.24) is 16.1 Å². The molecular formula is C39H65F3N4O19. The summed E-state index contributed by atoms with van der Waals surface area (Å²) in [4.78, 5) is 119. The van der Waals surface area contributed by atoms with Gasteiger partial charge < -0.3 is 44.2 Å². The number of carboxylic acids is 1. The van der Waals surface area contributed by atoms with Gasteiger partial charge in [-0.3, -0.25) is 52.8 Å². The number of esters is 4. The van der Waals surface area contributed by atoms with Crippen molar-refractivity contribution in [2.24, 2.45) is 11.3 Å². The molecule has 0 aliphatic heterocycles. The first-order chi connectivity index (χ1) is 30.2. The summed E-state index contributed by atoms with van der Waals surface area (Å²) in [6.45, 7) is 10.8. The van der Waals surface area contributed by atoms with Crippen LogP contribution in [-0.4, -0.2) is 149 Å². The lowest BCUT2D eigenvalue weighted by Crippen LogP contribution is -2.38. The third kappa shape index (κ3) is 46.5. The number of hydrogen-bond acceptors (Lipinski definition) is 19. The third-order valence-electron chi connectivity index (χ3n) is 7.21. The number of ketones is 2. The zero-order chi connectivity index (χ0) is 50.4. The number of ether oxygens (including phenoxy) is 6. The maximum Gasteiger partial charge on any atom is 0.490 e. The van der Waals surface area contributed by atoms with Crippen molar-refractivity contribution in [2.75, 3.05) is 65.9 Å². The minimum Gasteiger partial charge on any atom is -0.475 e. The molecule has 23 nitrogen and oxygen atoms in total. The molecule has 3 amide bonds. The van der Waals surface area contributed by atoms with Crippen molar-refractivity contribution in [3.05, 3.63) is 0 Å². The van der Waals surface area contributed by atoms with Gasteiger partial charge in [-0.25, -0.2) is 16.2 Å². The fraction of sp³-hybridized carbons (Fsp3) is 0.744. The highest BCUT2D eigenvalue weighted by Gasteiger charge is 2.38. The maximum absolute atomic E-state index is 11.9. The molecule has 65 heavy (non-hydrogen) atoms. The molecule has 0 heterocycles. The van der Waals surface area contributed by atoms with E-state index in [2.05, 4.69) is 21.0 Å². The summed E-state index contributed by atoms with van der Waals surface area (Å²) in [6.07, 6.45) is -3.04. The van der Waals surface area contributed by atoms with Crippen LogP contribution in [0.3, 0.4) is 0 Å². The van der Waals surface area contributed by atoms with E-state index in [1.165, 1.54) is 27.7 Å². The van der Waals surface area contributed by atoms with E-state index >= 15 is 0 Å². The van der Waals surface area contributed by atoms with Gasteiger partial charge in [0.05, 0.1) is 0 Å². The molecule has 0 saturated carbocycles. The number of rotatable bonds is 31. The lowest BCUT2D eigenvalue weighted by atomic mass is 9.96. The molecule has 0 aliphatic rings. The van der Waals surface area contributed by atoms with Crippen LogP contribution in [0, 0.1) is 5.41 Å². The van der Waals surface area contributed by atoms with Crippen LogP contribution in [0.5, 0.6) is 0 Å². The standard InChI is InChI=1S/C21H36N2O9.C16H28N2O8.C2HF3O2/c1-15(24)30-12-18(13-31-16(2)25)29-11-7-9-17(26)8-6-10-22-19(27)14-32-23-20(28)21(3,4)5;1-12(19)24-9-15(10-25-13(2)20)23-8-4-6-14(21)5-3-7-18-16(22)11-26-17;3-2(4,5)1(6)7/h18H,6-14H2,1-5H3,(H,22,27)(H,23,28);15H,3-11,17H2,1-2H3,(H,18,22);(H,6,7). The lowest BCUT2D eigenvalue weighted by Gasteiger charge is -2.17. The van der Waals surface area contributed by atoms with Crippen LogP contribution in [0.2, 0.25) is 0 Å². The van der Waals surface area contributed by atoms with Crippen molar-refractivity contribution in [3.8, 4) is 0 Å². The van der Waals surface area contributed by atoms with Crippen LogP contribution >= 0.6 is 0 Å². The van der Waals surface area contributed by atoms with Gasteiger partial charge in [-0.1, -0.05) is 20.8 Å². The predicted molar refractivity (Wildman–Crippen MR) is 216 cm³/mol. The fourth-order valence-corrected chi connectivity index (χ4v) is 3.94. The van der Waals surface area contributed by atoms with E-state index in [0.717, 1.165) is 0 Å². The predicted octanol–water partition coefficient (Wildman–Crippen LogP) is 1.10. The van der Waals surface area contributed by atoms with Gasteiger partial charge in [-0.05, 0) is 25.7 Å². The number of nitrogens with one attached hydrogen (secondary N) is 3. The second-order valence-electron chi connectivity index (χ2n) is 14.5. The Morgan fingerprint density at radius 3 is 1.18 bits per heavy atom. The Kier molecular flexibility index (Phi) is 37.4. The van der Waals surface area contributed by atoms with Crippen molar-refractivity contribution in [3.63, 3.8) is 0 Å². The van der Waals surface area contributed by atoms with Gasteiger partial charge in [0.2, 0.25) is 17.7 Å². The van der Waals surface area contributed by atoms with E-state index in [0.29, 0.717) is 64.5 Å². The summed E-state index contributed by atoms with van der Waals surface area (Å²) in [5.74, 6) is -0.831. The summed E-state index contributed by atoms with van der Waals surface area (Å²) in [5.41, 5.74) is 1.59. The highest BCUT2D eigenvalue weighted by Crippen LogP contribution is 2.13. The molecule has 0 atom stereocenters. The molecule has 26 heteroatoms. The molecule has 0 aromatic heterocycles. The normalized spacial score (nSPS) is 10.8. The molecule has 0 spiro atoms. The van der Waals surface area contributed by atoms with Crippen molar-refractivity contribution < 1.29 is 104 Å². The van der Waals surface area contributed by atoms with Crippen molar-refractivity contribution in [2.45, 2.75) is 118 Å². The summed E-state index contributed by atoms with van der Waals surface area (Å²) in [5, 5.41) is 12.3. The maximum atomic E-state index is 11.9. The number of hydrogen-bond donors (Lipinski definition) is 5. The first kappa shape index (κ1) is 64.0. The van der Waals surface area contributed by atoms with Crippen molar-refractivity contribution in [1.29, 1.82) is 0 Å². The third-order valence-corrected chi connectivity index (χ3v) is 7.21. The van der Waals surface area contributed by atoms with Crippen LogP contribution in [0.4, 0.5) is 13.2 Å². The molecule has 0 aromatic rings. The Morgan fingerprint density at radius 1 is 0.569 bits per heavy atom. The first-order valence-electron chi connectivity index (χ1n) is 20.1. The van der Waals surface area contributed by atoms with Crippen LogP contribution in [0.15, 0.2) is 0 Å². The van der Waals surface area contributed by atoms with Gasteiger partial charge in [0.1, 0.15) is 56.8 Å². The second kappa shape index (κ2) is 38.0. The number of amides is 3. The van der Waals surface area contributed by atoms with Gasteiger partial charge >= 0.3 is 36.0 Å². The first-order valence-corrected chi connectivity index (χ1v) is 20.1. The van der Waals surface area contributed by atoms with Gasteiger partial charge in [0, 0.05) is 85.1 Å². The van der Waals surface area contributed by atoms with E-state index < -0.39 is 59.6 Å². The lowest BCUT2D eigenvalue weighted by molar-refractivity contribution is -0.192. The molecule has 0 saturated heterocycles.